The topological polar surface area (TPSA) is 107 Å². The highest BCUT2D eigenvalue weighted by molar-refractivity contribution is 8.01. The fourth-order valence-electron chi connectivity index (χ4n) is 3.58. The molecule has 0 spiro atoms. The van der Waals surface area contributed by atoms with Gasteiger partial charge in [-0.05, 0) is 31.7 Å². The summed E-state index contributed by atoms with van der Waals surface area (Å²) in [7, 11) is 0. The van der Waals surface area contributed by atoms with Crippen molar-refractivity contribution in [3.05, 3.63) is 29.3 Å². The van der Waals surface area contributed by atoms with Crippen LogP contribution in [-0.2, 0) is 26.6 Å². The maximum absolute atomic E-state index is 12.4. The molecule has 2 saturated heterocycles. The van der Waals surface area contributed by atoms with Gasteiger partial charge < -0.3 is 20.4 Å². The molecular formula is C18H22N2O5S2. The Kier molecular flexibility index (Phi) is 5.36. The summed E-state index contributed by atoms with van der Waals surface area (Å²) in [6, 6.07) is 3.45. The Morgan fingerprint density at radius 2 is 2.07 bits per heavy atom. The predicted octanol–water partition coefficient (Wildman–Crippen LogP) is 1.43. The number of hydrogen-bond donors (Lipinski definition) is 3. The van der Waals surface area contributed by atoms with Crippen molar-refractivity contribution < 1.29 is 24.6 Å². The second kappa shape index (κ2) is 7.27. The number of phenols is 1. The molecule has 3 rings (SSSR count). The number of carboxylic acids is 1. The second-order valence-electron chi connectivity index (χ2n) is 7.22. The van der Waals surface area contributed by atoms with Gasteiger partial charge in [-0.25, -0.2) is 4.79 Å². The highest BCUT2D eigenvalue weighted by Crippen LogP contribution is 2.50. The first kappa shape index (κ1) is 19.9. The van der Waals surface area contributed by atoms with Crippen LogP contribution in [-0.4, -0.2) is 61.4 Å². The minimum absolute atomic E-state index is 0.0918. The van der Waals surface area contributed by atoms with Gasteiger partial charge in [0.1, 0.15) is 23.2 Å². The number of carbonyl (C=O) groups is 3. The van der Waals surface area contributed by atoms with Gasteiger partial charge in [0, 0.05) is 16.1 Å². The van der Waals surface area contributed by atoms with Crippen LogP contribution < -0.4 is 5.32 Å². The van der Waals surface area contributed by atoms with Crippen molar-refractivity contribution >= 4 is 41.3 Å². The van der Waals surface area contributed by atoms with Crippen LogP contribution >= 0.6 is 23.5 Å². The molecule has 0 saturated carbocycles. The van der Waals surface area contributed by atoms with Crippen molar-refractivity contribution in [2.24, 2.45) is 0 Å². The van der Waals surface area contributed by atoms with E-state index in [0.717, 1.165) is 11.1 Å². The fraction of sp³-hybridized carbons (Fsp3) is 0.500. The van der Waals surface area contributed by atoms with Crippen molar-refractivity contribution in [3.8, 4) is 5.75 Å². The molecule has 7 nitrogen and oxygen atoms in total. The first-order valence-corrected chi connectivity index (χ1v) is 10.7. The van der Waals surface area contributed by atoms with E-state index in [1.807, 2.05) is 6.26 Å². The van der Waals surface area contributed by atoms with Crippen molar-refractivity contribution in [2.75, 3.05) is 6.26 Å². The van der Waals surface area contributed by atoms with E-state index in [1.54, 1.807) is 43.8 Å². The van der Waals surface area contributed by atoms with E-state index in [-0.39, 0.29) is 29.4 Å². The second-order valence-corrected chi connectivity index (χ2v) is 9.85. The third kappa shape index (κ3) is 3.62. The number of thioether (sulfide) groups is 2. The number of aliphatic carboxylic acids is 1. The van der Waals surface area contributed by atoms with E-state index in [0.29, 0.717) is 5.75 Å². The van der Waals surface area contributed by atoms with Gasteiger partial charge in [-0.1, -0.05) is 12.1 Å². The molecule has 2 aliphatic heterocycles. The van der Waals surface area contributed by atoms with Crippen LogP contribution in [0.25, 0.3) is 0 Å². The third-order valence-corrected chi connectivity index (χ3v) is 6.97. The van der Waals surface area contributed by atoms with Gasteiger partial charge in [-0.15, -0.1) is 11.8 Å². The molecular weight excluding hydrogens is 388 g/mol. The number of β-lactam (4-membered cyclic amide) rings is 1. The van der Waals surface area contributed by atoms with Gasteiger partial charge >= 0.3 is 5.97 Å². The molecule has 2 amide bonds. The lowest BCUT2D eigenvalue weighted by Gasteiger charge is -2.43. The van der Waals surface area contributed by atoms with E-state index in [4.69, 9.17) is 0 Å². The molecule has 3 N–H and O–H groups in total. The van der Waals surface area contributed by atoms with E-state index in [1.165, 1.54) is 16.7 Å². The molecule has 1 aromatic carbocycles. The first-order valence-electron chi connectivity index (χ1n) is 8.47. The zero-order valence-electron chi connectivity index (χ0n) is 15.3. The van der Waals surface area contributed by atoms with Gasteiger partial charge in [0.2, 0.25) is 11.8 Å². The summed E-state index contributed by atoms with van der Waals surface area (Å²) in [6.07, 6.45) is 2.02. The number of rotatable bonds is 6. The smallest absolute Gasteiger partial charge is 0.327 e. The van der Waals surface area contributed by atoms with Gasteiger partial charge in [0.15, 0.2) is 0 Å². The van der Waals surface area contributed by atoms with Crippen LogP contribution in [0, 0.1) is 0 Å². The highest BCUT2D eigenvalue weighted by atomic mass is 32.2. The minimum Gasteiger partial charge on any atom is -0.508 e. The number of carbonyl (C=O) groups excluding carboxylic acids is 2. The number of benzene rings is 1. The molecule has 2 fully saturated rings. The van der Waals surface area contributed by atoms with E-state index >= 15 is 0 Å². The van der Waals surface area contributed by atoms with Crippen LogP contribution in [0.4, 0.5) is 0 Å². The summed E-state index contributed by atoms with van der Waals surface area (Å²) in [5, 5.41) is 21.6. The number of amides is 2. The van der Waals surface area contributed by atoms with Gasteiger partial charge in [-0.3, -0.25) is 9.59 Å². The zero-order valence-corrected chi connectivity index (χ0v) is 16.9. The molecule has 0 aromatic heterocycles. The number of aromatic hydroxyl groups is 1. The summed E-state index contributed by atoms with van der Waals surface area (Å²) in [6.45, 7) is 3.59. The summed E-state index contributed by atoms with van der Waals surface area (Å²) >= 11 is 2.97. The van der Waals surface area contributed by atoms with Crippen molar-refractivity contribution in [1.82, 2.24) is 10.2 Å². The largest absolute Gasteiger partial charge is 0.508 e. The Hall–Kier alpha value is -1.87. The normalized spacial score (nSPS) is 25.7. The summed E-state index contributed by atoms with van der Waals surface area (Å²) in [4.78, 5) is 37.7. The average Bonchev–Trinajstić information content (AvgIpc) is 2.84. The Bertz CT molecular complexity index is 798. The maximum Gasteiger partial charge on any atom is 0.327 e. The third-order valence-electron chi connectivity index (χ3n) is 4.80. The predicted molar refractivity (Wildman–Crippen MR) is 105 cm³/mol. The fourth-order valence-corrected chi connectivity index (χ4v) is 5.74. The van der Waals surface area contributed by atoms with Crippen molar-refractivity contribution in [3.63, 3.8) is 0 Å². The zero-order chi connectivity index (χ0) is 19.9. The van der Waals surface area contributed by atoms with Crippen LogP contribution in [0.1, 0.15) is 25.0 Å². The van der Waals surface area contributed by atoms with Crippen molar-refractivity contribution in [1.29, 1.82) is 0 Å². The van der Waals surface area contributed by atoms with Crippen LogP contribution in [0.15, 0.2) is 18.2 Å². The van der Waals surface area contributed by atoms with Crippen LogP contribution in [0.5, 0.6) is 5.75 Å². The highest BCUT2D eigenvalue weighted by Gasteiger charge is 2.64. The number of hydrogen-bond acceptors (Lipinski definition) is 6. The molecule has 146 valence electrons. The van der Waals surface area contributed by atoms with Crippen LogP contribution in [0.2, 0.25) is 0 Å². The van der Waals surface area contributed by atoms with E-state index < -0.39 is 22.8 Å². The maximum atomic E-state index is 12.4. The Balaban J connectivity index is 1.65. The summed E-state index contributed by atoms with van der Waals surface area (Å²) < 4.78 is -0.616. The number of carboxylic acid groups (broad SMARTS) is 1. The van der Waals surface area contributed by atoms with Crippen molar-refractivity contribution in [2.45, 2.75) is 48.2 Å². The van der Waals surface area contributed by atoms with Gasteiger partial charge in [-0.2, -0.15) is 11.8 Å². The SMILES string of the molecule is CSCc1cc(CC(=O)NC2C(=O)N3C2SC(C)(C)C3C(=O)O)ccc1O. The summed E-state index contributed by atoms with van der Waals surface area (Å²) in [5.74, 6) is -0.846. The number of phenolic OH excluding ortho intramolecular Hbond substituents is 1. The van der Waals surface area contributed by atoms with Crippen LogP contribution in [0.3, 0.4) is 0 Å². The summed E-state index contributed by atoms with van der Waals surface area (Å²) in [5.41, 5.74) is 1.51. The lowest BCUT2D eigenvalue weighted by molar-refractivity contribution is -0.161. The number of nitrogens with one attached hydrogen (secondary N) is 1. The van der Waals surface area contributed by atoms with E-state index in [9.17, 15) is 24.6 Å². The first-order chi connectivity index (χ1) is 12.7. The lowest BCUT2D eigenvalue weighted by atomic mass is 9.96. The average molecular weight is 411 g/mol. The molecule has 2 heterocycles. The van der Waals surface area contributed by atoms with Gasteiger partial charge in [0.25, 0.3) is 0 Å². The standard InChI is InChI=1S/C18H22N2O5S2/c1-18(2)14(17(24)25)20-15(23)13(16(20)27-18)19-12(22)7-9-4-5-11(21)10(6-9)8-26-3/h4-6,13-14,16,21H,7-8H2,1-3H3,(H,19,22)(H,24,25). The monoisotopic (exact) mass is 410 g/mol. The Morgan fingerprint density at radius 3 is 2.70 bits per heavy atom. The molecule has 1 aromatic rings. The van der Waals surface area contributed by atoms with Gasteiger partial charge in [0.05, 0.1) is 6.42 Å². The lowest BCUT2D eigenvalue weighted by Crippen LogP contribution is -2.70. The molecule has 3 unspecified atom stereocenters. The molecule has 0 radical (unpaired) electrons. The quantitative estimate of drug-likeness (QED) is 0.609. The molecule has 3 atom stereocenters. The minimum atomic E-state index is -1.03. The molecule has 2 aliphatic rings. The Labute approximate surface area is 165 Å². The number of fused-ring (bicyclic) bond motifs is 1. The Morgan fingerprint density at radius 1 is 1.37 bits per heavy atom. The van der Waals surface area contributed by atoms with E-state index in [2.05, 4.69) is 5.32 Å². The molecule has 9 heteroatoms. The molecule has 27 heavy (non-hydrogen) atoms. The molecule has 0 aliphatic carbocycles. The molecule has 0 bridgehead atoms. The number of nitrogens with zero attached hydrogens (tertiary/aromatic N) is 1.